The topological polar surface area (TPSA) is 102 Å². The summed E-state index contributed by atoms with van der Waals surface area (Å²) in [5.41, 5.74) is 5.92. The average molecular weight is 582 g/mol. The molecule has 1 amide bonds. The van der Waals surface area contributed by atoms with Crippen LogP contribution in [0, 0.1) is 0 Å². The van der Waals surface area contributed by atoms with Gasteiger partial charge in [0.15, 0.2) is 11.5 Å². The molecule has 9 heteroatoms. The van der Waals surface area contributed by atoms with Crippen LogP contribution in [-0.2, 0) is 0 Å². The van der Waals surface area contributed by atoms with Gasteiger partial charge in [0.1, 0.15) is 11.4 Å². The van der Waals surface area contributed by atoms with Crippen molar-refractivity contribution < 1.29 is 23.8 Å². The van der Waals surface area contributed by atoms with Crippen LogP contribution in [0.4, 0.5) is 0 Å². The van der Waals surface area contributed by atoms with Crippen LogP contribution < -0.4 is 19.6 Å². The van der Waals surface area contributed by atoms with E-state index >= 15 is 0 Å². The predicted octanol–water partition coefficient (Wildman–Crippen LogP) is 7.27. The minimum Gasteiger partial charge on any atom is -0.490 e. The Bertz CT molecular complexity index is 1760. The van der Waals surface area contributed by atoms with Gasteiger partial charge in [-0.1, -0.05) is 66.2 Å². The van der Waals surface area contributed by atoms with E-state index in [-0.39, 0.29) is 5.75 Å². The van der Waals surface area contributed by atoms with E-state index in [1.54, 1.807) is 48.5 Å². The number of hydrazone groups is 1. The van der Waals surface area contributed by atoms with Crippen LogP contribution in [0.15, 0.2) is 96.1 Å². The third-order valence-corrected chi connectivity index (χ3v) is 6.66. The first-order valence-electron chi connectivity index (χ1n) is 13.4. The Hall–Kier alpha value is -5.08. The highest BCUT2D eigenvalue weighted by Gasteiger charge is 2.20. The minimum absolute atomic E-state index is 0.273. The van der Waals surface area contributed by atoms with Crippen molar-refractivity contribution in [2.75, 3.05) is 13.2 Å². The average Bonchev–Trinajstić information content (AvgIpc) is 3.41. The Labute approximate surface area is 247 Å². The van der Waals surface area contributed by atoms with Gasteiger partial charge in [0.25, 0.3) is 5.91 Å². The number of ether oxygens (including phenoxy) is 3. The maximum atomic E-state index is 13.3. The first kappa shape index (κ1) is 28.4. The summed E-state index contributed by atoms with van der Waals surface area (Å²) in [6.45, 7) is 4.61. The molecule has 5 aromatic rings. The summed E-state index contributed by atoms with van der Waals surface area (Å²) < 4.78 is 16.9. The van der Waals surface area contributed by atoms with Gasteiger partial charge in [-0.05, 0) is 55.8 Å². The molecule has 0 atom stereocenters. The molecule has 0 radical (unpaired) electrons. The normalized spacial score (nSPS) is 11.0. The summed E-state index contributed by atoms with van der Waals surface area (Å²) in [4.78, 5) is 29.5. The molecule has 5 rings (SSSR count). The maximum Gasteiger partial charge on any atom is 0.343 e. The lowest BCUT2D eigenvalue weighted by Crippen LogP contribution is -2.19. The lowest BCUT2D eigenvalue weighted by Gasteiger charge is -2.12. The monoisotopic (exact) mass is 581 g/mol. The number of nitrogens with one attached hydrogen (secondary N) is 2. The van der Waals surface area contributed by atoms with Crippen LogP contribution in [0.25, 0.3) is 22.0 Å². The Kier molecular flexibility index (Phi) is 8.84. The highest BCUT2D eigenvalue weighted by Crippen LogP contribution is 2.35. The number of para-hydroxylation sites is 2. The summed E-state index contributed by atoms with van der Waals surface area (Å²) in [6, 6.07) is 26.8. The molecule has 2 N–H and O–H groups in total. The van der Waals surface area contributed by atoms with E-state index in [4.69, 9.17) is 25.8 Å². The van der Waals surface area contributed by atoms with Gasteiger partial charge in [-0.25, -0.2) is 10.2 Å². The van der Waals surface area contributed by atoms with Gasteiger partial charge in [-0.3, -0.25) is 4.79 Å². The van der Waals surface area contributed by atoms with Crippen LogP contribution in [0.5, 0.6) is 17.2 Å². The van der Waals surface area contributed by atoms with Crippen molar-refractivity contribution in [3.63, 3.8) is 0 Å². The number of esters is 1. The first-order valence-corrected chi connectivity index (χ1v) is 13.8. The second-order valence-corrected chi connectivity index (χ2v) is 9.46. The first-order chi connectivity index (χ1) is 20.5. The molecule has 0 aliphatic heterocycles. The van der Waals surface area contributed by atoms with Crippen molar-refractivity contribution in [1.29, 1.82) is 0 Å². The van der Waals surface area contributed by atoms with Crippen LogP contribution in [-0.4, -0.2) is 36.3 Å². The van der Waals surface area contributed by atoms with Crippen LogP contribution in [0.2, 0.25) is 5.02 Å². The fourth-order valence-corrected chi connectivity index (χ4v) is 4.71. The van der Waals surface area contributed by atoms with Crippen molar-refractivity contribution in [3.05, 3.63) is 113 Å². The summed E-state index contributed by atoms with van der Waals surface area (Å²) >= 11 is 6.42. The fraction of sp³-hybridized carbons (Fsp3) is 0.121. The summed E-state index contributed by atoms with van der Waals surface area (Å²) in [6.07, 6.45) is 1.42. The standard InChI is InChI=1S/C33H28ClN3O5/c1-3-40-27-18-17-22(19-28(27)41-4-2)33(39)42-26-16-9-8-13-23(26)20-35-37-32(38)31-29(21-11-6-5-7-12-21)24-14-10-15-25(34)30(24)36-31/h5-20,36H,3-4H2,1-2H3,(H,37,38). The molecule has 212 valence electrons. The SMILES string of the molecule is CCOc1ccc(C(=O)Oc2ccccc2C=NNC(=O)c2[nH]c3c(Cl)cccc3c2-c2ccccc2)cc1OCC. The maximum absolute atomic E-state index is 13.3. The van der Waals surface area contributed by atoms with E-state index in [0.717, 1.165) is 16.5 Å². The summed E-state index contributed by atoms with van der Waals surface area (Å²) in [5.74, 6) is 0.247. The van der Waals surface area contributed by atoms with Crippen molar-refractivity contribution in [3.8, 4) is 28.4 Å². The second-order valence-electron chi connectivity index (χ2n) is 9.06. The quantitative estimate of drug-likeness (QED) is 0.0781. The number of halogens is 1. The lowest BCUT2D eigenvalue weighted by atomic mass is 10.0. The summed E-state index contributed by atoms with van der Waals surface area (Å²) in [5, 5.41) is 5.48. The lowest BCUT2D eigenvalue weighted by molar-refractivity contribution is 0.0733. The number of H-pyrrole nitrogens is 1. The van der Waals surface area contributed by atoms with Crippen molar-refractivity contribution in [2.45, 2.75) is 13.8 Å². The number of fused-ring (bicyclic) bond motifs is 1. The highest BCUT2D eigenvalue weighted by atomic mass is 35.5. The second kappa shape index (κ2) is 13.1. The molecule has 0 saturated heterocycles. The number of aromatic nitrogens is 1. The smallest absolute Gasteiger partial charge is 0.343 e. The van der Waals surface area contributed by atoms with Crippen LogP contribution in [0.3, 0.4) is 0 Å². The van der Waals surface area contributed by atoms with Gasteiger partial charge in [-0.2, -0.15) is 5.10 Å². The molecule has 8 nitrogen and oxygen atoms in total. The molecule has 0 spiro atoms. The predicted molar refractivity (Wildman–Crippen MR) is 164 cm³/mol. The van der Waals surface area contributed by atoms with Gasteiger partial charge >= 0.3 is 5.97 Å². The van der Waals surface area contributed by atoms with Crippen LogP contribution >= 0.6 is 11.6 Å². The number of hydrogen-bond acceptors (Lipinski definition) is 6. The number of carbonyl (C=O) groups is 2. The molecule has 0 bridgehead atoms. The Morgan fingerprint density at radius 3 is 2.38 bits per heavy atom. The molecular weight excluding hydrogens is 554 g/mol. The molecule has 0 unspecified atom stereocenters. The highest BCUT2D eigenvalue weighted by molar-refractivity contribution is 6.36. The number of rotatable bonds is 10. The number of benzene rings is 4. The van der Waals surface area contributed by atoms with E-state index in [9.17, 15) is 9.59 Å². The Morgan fingerprint density at radius 2 is 1.60 bits per heavy atom. The number of amides is 1. The van der Waals surface area contributed by atoms with Crippen molar-refractivity contribution in [2.24, 2.45) is 5.10 Å². The number of nitrogens with zero attached hydrogens (tertiary/aromatic N) is 1. The van der Waals surface area contributed by atoms with Crippen molar-refractivity contribution in [1.82, 2.24) is 10.4 Å². The third-order valence-electron chi connectivity index (χ3n) is 6.34. The largest absolute Gasteiger partial charge is 0.490 e. The molecule has 1 aromatic heterocycles. The van der Waals surface area contributed by atoms with Gasteiger partial charge in [-0.15, -0.1) is 0 Å². The minimum atomic E-state index is -0.577. The Balaban J connectivity index is 1.36. The van der Waals surface area contributed by atoms with Crippen molar-refractivity contribution >= 4 is 40.6 Å². The zero-order valence-electron chi connectivity index (χ0n) is 23.0. The van der Waals surface area contributed by atoms with Crippen LogP contribution in [0.1, 0.15) is 40.3 Å². The van der Waals surface area contributed by atoms with Gasteiger partial charge in [0.05, 0.1) is 35.5 Å². The number of hydrogen-bond donors (Lipinski definition) is 2. The number of aromatic amines is 1. The number of carbonyl (C=O) groups excluding carboxylic acids is 2. The molecule has 0 aliphatic rings. The summed E-state index contributed by atoms with van der Waals surface area (Å²) in [7, 11) is 0. The zero-order valence-corrected chi connectivity index (χ0v) is 23.8. The molecule has 0 aliphatic carbocycles. The van der Waals surface area contributed by atoms with Gasteiger partial charge in [0, 0.05) is 16.5 Å². The third kappa shape index (κ3) is 6.14. The van der Waals surface area contributed by atoms with E-state index in [0.29, 0.717) is 52.1 Å². The molecule has 4 aromatic carbocycles. The van der Waals surface area contributed by atoms with E-state index in [1.807, 2.05) is 56.3 Å². The Morgan fingerprint density at radius 1 is 0.857 bits per heavy atom. The van der Waals surface area contributed by atoms with E-state index in [1.165, 1.54) is 6.21 Å². The molecule has 0 fully saturated rings. The fourth-order valence-electron chi connectivity index (χ4n) is 4.49. The van der Waals surface area contributed by atoms with Gasteiger partial charge < -0.3 is 19.2 Å². The van der Waals surface area contributed by atoms with E-state index < -0.39 is 11.9 Å². The van der Waals surface area contributed by atoms with Gasteiger partial charge in [0.2, 0.25) is 0 Å². The van der Waals surface area contributed by atoms with E-state index in [2.05, 4.69) is 15.5 Å². The molecular formula is C33H28ClN3O5. The molecule has 42 heavy (non-hydrogen) atoms. The zero-order chi connectivity index (χ0) is 29.5. The molecule has 0 saturated carbocycles. The molecule has 1 heterocycles.